The van der Waals surface area contributed by atoms with Crippen molar-refractivity contribution in [3.05, 3.63) is 12.7 Å². The minimum atomic E-state index is -1.99. The summed E-state index contributed by atoms with van der Waals surface area (Å²) in [6.07, 6.45) is 28.7. The maximum Gasteiger partial charge on any atom is 0.484 e. The lowest BCUT2D eigenvalue weighted by Gasteiger charge is -2.16. The van der Waals surface area contributed by atoms with E-state index in [1.807, 2.05) is 0 Å². The molecule has 0 atom stereocenters. The van der Waals surface area contributed by atoms with Crippen LogP contribution in [0.15, 0.2) is 12.7 Å². The van der Waals surface area contributed by atoms with Gasteiger partial charge < -0.3 is 13.3 Å². The van der Waals surface area contributed by atoms with Gasteiger partial charge >= 0.3 is 9.53 Å². The summed E-state index contributed by atoms with van der Waals surface area (Å²) >= 11 is 0. The zero-order valence-electron chi connectivity index (χ0n) is 21.4. The zero-order chi connectivity index (χ0) is 22.7. The normalized spacial score (nSPS) is 11.5. The van der Waals surface area contributed by atoms with Crippen LogP contribution in [0.3, 0.4) is 0 Å². The number of rotatable bonds is 27. The van der Waals surface area contributed by atoms with Gasteiger partial charge in [0.2, 0.25) is 0 Å². The fourth-order valence-corrected chi connectivity index (χ4v) is 5.13. The molecule has 0 saturated carbocycles. The second-order valence-electron chi connectivity index (χ2n) is 9.02. The van der Waals surface area contributed by atoms with E-state index >= 15 is 0 Å². The highest BCUT2D eigenvalue weighted by Gasteiger charge is 2.14. The zero-order valence-corrected chi connectivity index (χ0v) is 22.5. The van der Waals surface area contributed by atoms with Crippen molar-refractivity contribution in [2.24, 2.45) is 0 Å². The van der Waals surface area contributed by atoms with Crippen molar-refractivity contribution >= 4 is 9.53 Å². The Kier molecular flexibility index (Phi) is 27.7. The molecule has 0 unspecified atom stereocenters. The number of hydrogen-bond acceptors (Lipinski definition) is 3. The monoisotopic (exact) mass is 456 g/mol. The molecule has 0 aromatic carbocycles. The predicted molar refractivity (Wildman–Crippen MR) is 139 cm³/mol. The Morgan fingerprint density at radius 3 is 1.13 bits per heavy atom. The first-order valence-corrected chi connectivity index (χ1v) is 15.2. The van der Waals surface area contributed by atoms with Crippen LogP contribution in [-0.2, 0) is 13.3 Å². The van der Waals surface area contributed by atoms with Crippen LogP contribution in [0.4, 0.5) is 0 Å². The van der Waals surface area contributed by atoms with Crippen LogP contribution in [0.1, 0.15) is 142 Å². The Morgan fingerprint density at radius 1 is 0.484 bits per heavy atom. The van der Waals surface area contributed by atoms with Gasteiger partial charge in [-0.25, -0.2) is 0 Å². The molecule has 4 heteroatoms. The van der Waals surface area contributed by atoms with E-state index in [1.165, 1.54) is 116 Å². The maximum atomic E-state index is 5.95. The first-order chi connectivity index (χ1) is 15.3. The molecule has 3 nitrogen and oxygen atoms in total. The SMILES string of the molecule is C=CCO[SiH](OCCCCCCCCCCCC)OCCCCCCCCCCCC. The first-order valence-electron chi connectivity index (χ1n) is 13.8. The quantitative estimate of drug-likeness (QED) is 0.0702. The third kappa shape index (κ3) is 26.0. The largest absolute Gasteiger partial charge is 0.484 e. The lowest BCUT2D eigenvalue weighted by molar-refractivity contribution is 0.0988. The van der Waals surface area contributed by atoms with Gasteiger partial charge in [-0.15, -0.1) is 6.58 Å². The van der Waals surface area contributed by atoms with Gasteiger partial charge in [-0.1, -0.05) is 135 Å². The van der Waals surface area contributed by atoms with Gasteiger partial charge in [-0.05, 0) is 12.8 Å². The molecule has 0 N–H and O–H groups in total. The van der Waals surface area contributed by atoms with Crippen LogP contribution < -0.4 is 0 Å². The molecule has 186 valence electrons. The highest BCUT2D eigenvalue weighted by atomic mass is 28.3. The summed E-state index contributed by atoms with van der Waals surface area (Å²) in [5.74, 6) is 0. The average molecular weight is 457 g/mol. The highest BCUT2D eigenvalue weighted by molar-refractivity contribution is 6.36. The Bertz CT molecular complexity index is 312. The van der Waals surface area contributed by atoms with E-state index in [9.17, 15) is 0 Å². The van der Waals surface area contributed by atoms with Gasteiger partial charge in [0, 0.05) is 13.2 Å². The second kappa shape index (κ2) is 27.9. The highest BCUT2D eigenvalue weighted by Crippen LogP contribution is 2.12. The molecule has 0 fully saturated rings. The summed E-state index contributed by atoms with van der Waals surface area (Å²) in [6, 6.07) is 0. The fourth-order valence-electron chi connectivity index (χ4n) is 3.83. The molecule has 0 spiro atoms. The molecular weight excluding hydrogens is 400 g/mol. The Balaban J connectivity index is 3.51. The van der Waals surface area contributed by atoms with Crippen LogP contribution in [0, 0.1) is 0 Å². The van der Waals surface area contributed by atoms with E-state index in [2.05, 4.69) is 20.4 Å². The summed E-state index contributed by atoms with van der Waals surface area (Å²) in [7, 11) is -1.99. The smallest absolute Gasteiger partial charge is 0.376 e. The maximum absolute atomic E-state index is 5.95. The Hall–Kier alpha value is -0.163. The summed E-state index contributed by atoms with van der Waals surface area (Å²) in [4.78, 5) is 0. The molecule has 0 aliphatic heterocycles. The number of unbranched alkanes of at least 4 members (excludes halogenated alkanes) is 18. The van der Waals surface area contributed by atoms with E-state index < -0.39 is 9.53 Å². The second-order valence-corrected chi connectivity index (χ2v) is 10.6. The first kappa shape index (κ1) is 30.8. The Labute approximate surface area is 197 Å². The van der Waals surface area contributed by atoms with Crippen LogP contribution >= 0.6 is 0 Å². The molecule has 0 bridgehead atoms. The van der Waals surface area contributed by atoms with Crippen LogP contribution in [0.25, 0.3) is 0 Å². The van der Waals surface area contributed by atoms with Crippen molar-refractivity contribution in [1.29, 1.82) is 0 Å². The molecule has 0 aromatic rings. The van der Waals surface area contributed by atoms with Gasteiger partial charge in [0.1, 0.15) is 0 Å². The molecular formula is C27H56O3Si. The van der Waals surface area contributed by atoms with Gasteiger partial charge in [-0.3, -0.25) is 0 Å². The molecule has 0 aliphatic rings. The van der Waals surface area contributed by atoms with Crippen molar-refractivity contribution in [2.45, 2.75) is 142 Å². The van der Waals surface area contributed by atoms with Crippen LogP contribution in [-0.4, -0.2) is 29.3 Å². The third-order valence-electron chi connectivity index (χ3n) is 5.85. The standard InChI is InChI=1S/C27H56O3Si/c1-4-7-9-11-13-15-17-19-21-23-26-29-31(28-25-6-3)30-27-24-22-20-18-16-14-12-10-8-5-2/h6,31H,3-5,7-27H2,1-2H3. The molecule has 0 amide bonds. The summed E-state index contributed by atoms with van der Waals surface area (Å²) in [5, 5.41) is 0. The van der Waals surface area contributed by atoms with Gasteiger partial charge in [0.05, 0.1) is 6.61 Å². The van der Waals surface area contributed by atoms with E-state index in [-0.39, 0.29) is 0 Å². The number of hydrogen-bond donors (Lipinski definition) is 0. The predicted octanol–water partition coefficient (Wildman–Crippen LogP) is 8.78. The molecule has 0 saturated heterocycles. The minimum Gasteiger partial charge on any atom is -0.376 e. The summed E-state index contributed by atoms with van der Waals surface area (Å²) in [6.45, 7) is 10.4. The van der Waals surface area contributed by atoms with E-state index in [0.29, 0.717) is 6.61 Å². The van der Waals surface area contributed by atoms with Crippen molar-refractivity contribution in [3.8, 4) is 0 Å². The van der Waals surface area contributed by atoms with E-state index in [1.54, 1.807) is 6.08 Å². The molecule has 0 heterocycles. The van der Waals surface area contributed by atoms with Crippen molar-refractivity contribution in [3.63, 3.8) is 0 Å². The molecule has 0 aromatic heterocycles. The van der Waals surface area contributed by atoms with Crippen molar-refractivity contribution in [2.75, 3.05) is 19.8 Å². The average Bonchev–Trinajstić information content (AvgIpc) is 2.78. The fraction of sp³-hybridized carbons (Fsp3) is 0.926. The van der Waals surface area contributed by atoms with E-state index in [4.69, 9.17) is 13.3 Å². The van der Waals surface area contributed by atoms with Gasteiger partial charge in [0.25, 0.3) is 0 Å². The molecule has 0 rings (SSSR count). The van der Waals surface area contributed by atoms with Crippen molar-refractivity contribution < 1.29 is 13.3 Å². The minimum absolute atomic E-state index is 0.535. The van der Waals surface area contributed by atoms with Gasteiger partial charge in [0.15, 0.2) is 0 Å². The Morgan fingerprint density at radius 2 is 0.806 bits per heavy atom. The van der Waals surface area contributed by atoms with Gasteiger partial charge in [-0.2, -0.15) is 0 Å². The third-order valence-corrected chi connectivity index (χ3v) is 7.33. The van der Waals surface area contributed by atoms with Crippen molar-refractivity contribution in [1.82, 2.24) is 0 Å². The summed E-state index contributed by atoms with van der Waals surface area (Å²) in [5.41, 5.74) is 0. The lowest BCUT2D eigenvalue weighted by atomic mass is 10.1. The molecule has 0 radical (unpaired) electrons. The van der Waals surface area contributed by atoms with Crippen LogP contribution in [0.2, 0.25) is 0 Å². The van der Waals surface area contributed by atoms with E-state index in [0.717, 1.165) is 26.1 Å². The van der Waals surface area contributed by atoms with Crippen LogP contribution in [0.5, 0.6) is 0 Å². The topological polar surface area (TPSA) is 27.7 Å². The molecule has 31 heavy (non-hydrogen) atoms. The lowest BCUT2D eigenvalue weighted by Crippen LogP contribution is -2.28. The summed E-state index contributed by atoms with van der Waals surface area (Å²) < 4.78 is 17.7. The molecule has 0 aliphatic carbocycles.